The summed E-state index contributed by atoms with van der Waals surface area (Å²) in [6.45, 7) is 8.00. The zero-order valence-electron chi connectivity index (χ0n) is 6.73. The monoisotopic (exact) mass is 206 g/mol. The van der Waals surface area contributed by atoms with Crippen LogP contribution in [0, 0.1) is 20.3 Å². The fourth-order valence-corrected chi connectivity index (χ4v) is 0. The van der Waals surface area contributed by atoms with Crippen LogP contribution < -0.4 is 0 Å². The molecule has 0 fully saturated rings. The van der Waals surface area contributed by atoms with Gasteiger partial charge in [0.2, 0.25) is 0 Å². The van der Waals surface area contributed by atoms with Crippen molar-refractivity contribution in [1.82, 2.24) is 0 Å². The minimum atomic E-state index is 0. The Balaban J connectivity index is -0.00000000889. The fourth-order valence-electron chi connectivity index (χ4n) is 0. The van der Waals surface area contributed by atoms with E-state index in [1.165, 1.54) is 0 Å². The van der Waals surface area contributed by atoms with Gasteiger partial charge < -0.3 is 20.3 Å². The topological polar surface area (TPSA) is 0 Å². The van der Waals surface area contributed by atoms with Gasteiger partial charge in [-0.25, -0.2) is 0 Å². The Morgan fingerprint density at radius 3 is 0.778 bits per heavy atom. The summed E-state index contributed by atoms with van der Waals surface area (Å²) in [5, 5.41) is 0. The summed E-state index contributed by atoms with van der Waals surface area (Å²) in [4.78, 5) is 0. The predicted molar refractivity (Wildman–Crippen MR) is 44.4 cm³/mol. The second kappa shape index (κ2) is 62.1. The minimum Gasteiger partial charge on any atom is -0.358 e. The molecule has 1 heteroatoms. The summed E-state index contributed by atoms with van der Waals surface area (Å²) < 4.78 is 0. The standard InChI is InChI=1S/2C3H7.CH4.CH3.Y/c2*1-3-2;;;/h2*3H,1-2H3;1H4;1H3;/q2*-1;;-1;+3. The Morgan fingerprint density at radius 1 is 0.778 bits per heavy atom. The summed E-state index contributed by atoms with van der Waals surface area (Å²) in [7, 11) is 0. The first-order chi connectivity index (χ1) is 2.83. The summed E-state index contributed by atoms with van der Waals surface area (Å²) in [5.74, 6) is 0. The molecule has 0 aromatic heterocycles. The van der Waals surface area contributed by atoms with Crippen LogP contribution in [0.15, 0.2) is 0 Å². The second-order valence-electron chi connectivity index (χ2n) is 1.15. The number of hydrogen-bond acceptors (Lipinski definition) is 0. The molecule has 0 saturated heterocycles. The van der Waals surface area contributed by atoms with Crippen molar-refractivity contribution < 1.29 is 32.7 Å². The van der Waals surface area contributed by atoms with Crippen molar-refractivity contribution >= 4 is 0 Å². The molecule has 0 aliphatic heterocycles. The van der Waals surface area contributed by atoms with Gasteiger partial charge in [0, 0.05) is 0 Å². The van der Waals surface area contributed by atoms with E-state index < -0.39 is 0 Å². The van der Waals surface area contributed by atoms with Gasteiger partial charge in [0.1, 0.15) is 0 Å². The van der Waals surface area contributed by atoms with E-state index in [0.29, 0.717) is 0 Å². The third kappa shape index (κ3) is 377. The molecular formula is C8H21Y. The maximum atomic E-state index is 2.00. The van der Waals surface area contributed by atoms with E-state index >= 15 is 0 Å². The molecule has 0 unspecified atom stereocenters. The van der Waals surface area contributed by atoms with Crippen molar-refractivity contribution in [3.63, 3.8) is 0 Å². The third-order valence-corrected chi connectivity index (χ3v) is 0. The molecule has 9 heavy (non-hydrogen) atoms. The maximum Gasteiger partial charge on any atom is 3.00 e. The normalized spacial score (nSPS) is 4.00. The molecule has 0 nitrogen and oxygen atoms in total. The second-order valence-corrected chi connectivity index (χ2v) is 1.15. The van der Waals surface area contributed by atoms with E-state index in [2.05, 4.69) is 0 Å². The first kappa shape index (κ1) is 32.1. The molecule has 0 saturated carbocycles. The first-order valence-electron chi connectivity index (χ1n) is 2.31. The molecule has 0 spiro atoms. The largest absolute Gasteiger partial charge is 3.00 e. The molecule has 56 valence electrons. The van der Waals surface area contributed by atoms with Crippen LogP contribution in [-0.2, 0) is 32.7 Å². The van der Waals surface area contributed by atoms with Crippen molar-refractivity contribution in [3.8, 4) is 0 Å². The van der Waals surface area contributed by atoms with E-state index in [9.17, 15) is 0 Å². The molecule has 0 rings (SSSR count). The SMILES string of the molecule is C.C[CH-]C.C[CH-]C.[CH3-].[Y+3]. The van der Waals surface area contributed by atoms with Crippen LogP contribution in [0.1, 0.15) is 35.1 Å². The average molecular weight is 206 g/mol. The summed E-state index contributed by atoms with van der Waals surface area (Å²) >= 11 is 0. The Kier molecular flexibility index (Phi) is 222. The Morgan fingerprint density at radius 2 is 0.778 bits per heavy atom. The first-order valence-corrected chi connectivity index (χ1v) is 2.31. The fraction of sp³-hybridized carbons (Fsp3) is 0.625. The van der Waals surface area contributed by atoms with Gasteiger partial charge in [0.05, 0.1) is 0 Å². The number of rotatable bonds is 0. The van der Waals surface area contributed by atoms with Crippen LogP contribution in [0.3, 0.4) is 0 Å². The van der Waals surface area contributed by atoms with E-state index in [1.54, 1.807) is 0 Å². The maximum absolute atomic E-state index is 2.00. The van der Waals surface area contributed by atoms with Crippen molar-refractivity contribution in [3.05, 3.63) is 20.3 Å². The molecule has 0 radical (unpaired) electrons. The van der Waals surface area contributed by atoms with E-state index in [-0.39, 0.29) is 47.6 Å². The van der Waals surface area contributed by atoms with Crippen LogP contribution >= 0.6 is 0 Å². The Labute approximate surface area is 87.7 Å². The third-order valence-electron chi connectivity index (χ3n) is 0. The van der Waals surface area contributed by atoms with Gasteiger partial charge in [-0.2, -0.15) is 27.7 Å². The van der Waals surface area contributed by atoms with Gasteiger partial charge in [0.25, 0.3) is 0 Å². The minimum absolute atomic E-state index is 0. The average Bonchev–Trinajstić information content (AvgIpc) is 1.39. The van der Waals surface area contributed by atoms with Gasteiger partial charge in [-0.05, 0) is 0 Å². The van der Waals surface area contributed by atoms with E-state index in [1.807, 2.05) is 40.5 Å². The Hall–Kier alpha value is 1.10. The molecular weight excluding hydrogens is 185 g/mol. The van der Waals surface area contributed by atoms with Crippen LogP contribution in [0.25, 0.3) is 0 Å². The summed E-state index contributed by atoms with van der Waals surface area (Å²) in [6.07, 6.45) is 4.00. The zero-order valence-corrected chi connectivity index (χ0v) is 9.57. The molecule has 0 aliphatic carbocycles. The van der Waals surface area contributed by atoms with E-state index in [0.717, 1.165) is 0 Å². The molecule has 0 amide bonds. The zero-order chi connectivity index (χ0) is 5.41. The smallest absolute Gasteiger partial charge is 0.358 e. The summed E-state index contributed by atoms with van der Waals surface area (Å²) in [5.41, 5.74) is 0. The molecule has 0 aromatic carbocycles. The van der Waals surface area contributed by atoms with Gasteiger partial charge in [-0.3, -0.25) is 0 Å². The van der Waals surface area contributed by atoms with Crippen molar-refractivity contribution in [2.24, 2.45) is 0 Å². The molecule has 0 atom stereocenters. The van der Waals surface area contributed by atoms with E-state index in [4.69, 9.17) is 0 Å². The van der Waals surface area contributed by atoms with Crippen molar-refractivity contribution in [1.29, 1.82) is 0 Å². The molecule has 0 aromatic rings. The van der Waals surface area contributed by atoms with Gasteiger partial charge in [0.15, 0.2) is 0 Å². The van der Waals surface area contributed by atoms with Crippen molar-refractivity contribution in [2.75, 3.05) is 0 Å². The summed E-state index contributed by atoms with van der Waals surface area (Å²) in [6, 6.07) is 0. The van der Waals surface area contributed by atoms with Crippen LogP contribution in [0.4, 0.5) is 0 Å². The van der Waals surface area contributed by atoms with Crippen LogP contribution in [0.5, 0.6) is 0 Å². The Bertz CT molecular complexity index is 6.53. The number of hydrogen-bond donors (Lipinski definition) is 0. The van der Waals surface area contributed by atoms with Gasteiger partial charge in [-0.15, -0.1) is 0 Å². The molecule has 0 heterocycles. The van der Waals surface area contributed by atoms with Gasteiger partial charge >= 0.3 is 32.7 Å². The van der Waals surface area contributed by atoms with Gasteiger partial charge in [-0.1, -0.05) is 7.43 Å². The molecule has 0 N–H and O–H groups in total. The van der Waals surface area contributed by atoms with Crippen LogP contribution in [0.2, 0.25) is 0 Å². The molecule has 0 bridgehead atoms. The van der Waals surface area contributed by atoms with Crippen LogP contribution in [-0.4, -0.2) is 0 Å². The van der Waals surface area contributed by atoms with Crippen molar-refractivity contribution in [2.45, 2.75) is 35.1 Å². The quantitative estimate of drug-likeness (QED) is 0.532. The predicted octanol–water partition coefficient (Wildman–Crippen LogP) is 3.54. The molecule has 0 aliphatic rings.